The second-order valence-corrected chi connectivity index (χ2v) is 8.41. The minimum atomic E-state index is -0.909. The highest BCUT2D eigenvalue weighted by Crippen LogP contribution is 2.28. The molecule has 2 aromatic carbocycles. The number of carbonyl (C=O) groups excluding carboxylic acids is 4. The highest BCUT2D eigenvalue weighted by Gasteiger charge is 2.46. The lowest BCUT2D eigenvalue weighted by Crippen LogP contribution is -2.40. The van der Waals surface area contributed by atoms with Gasteiger partial charge in [-0.1, -0.05) is 32.0 Å². The molecule has 8 heteroatoms. The van der Waals surface area contributed by atoms with Gasteiger partial charge in [-0.3, -0.25) is 9.59 Å². The number of aryl methyl sites for hydroxylation is 1. The molecule has 0 aromatic heterocycles. The lowest BCUT2D eigenvalue weighted by atomic mass is 10.1. The van der Waals surface area contributed by atoms with E-state index in [-0.39, 0.29) is 18.9 Å². The molecule has 2 aromatic rings. The second-order valence-electron chi connectivity index (χ2n) is 8.41. The number of nitrogens with one attached hydrogen (secondary N) is 1. The van der Waals surface area contributed by atoms with Gasteiger partial charge in [-0.15, -0.1) is 0 Å². The van der Waals surface area contributed by atoms with Crippen molar-refractivity contribution in [3.63, 3.8) is 0 Å². The van der Waals surface area contributed by atoms with Crippen LogP contribution < -0.4 is 10.2 Å². The van der Waals surface area contributed by atoms with Crippen LogP contribution in [-0.2, 0) is 14.3 Å². The third-order valence-electron chi connectivity index (χ3n) is 5.18. The number of urea groups is 1. The van der Waals surface area contributed by atoms with E-state index in [0.717, 1.165) is 10.5 Å². The fourth-order valence-electron chi connectivity index (χ4n) is 3.77. The molecule has 1 atom stereocenters. The number of rotatable bonds is 8. The zero-order valence-corrected chi connectivity index (χ0v) is 19.3. The van der Waals surface area contributed by atoms with Crippen molar-refractivity contribution in [2.24, 2.45) is 5.92 Å². The van der Waals surface area contributed by atoms with Crippen LogP contribution in [-0.4, -0.2) is 47.9 Å². The molecular formula is C25H29N3O5. The minimum absolute atomic E-state index is 0.117. The number of amides is 4. The van der Waals surface area contributed by atoms with Crippen LogP contribution in [0, 0.1) is 12.8 Å². The molecule has 0 saturated carbocycles. The van der Waals surface area contributed by atoms with Gasteiger partial charge in [0.05, 0.1) is 24.3 Å². The quantitative estimate of drug-likeness (QED) is 0.484. The molecule has 1 heterocycles. The largest absolute Gasteiger partial charge is 0.462 e. The van der Waals surface area contributed by atoms with Gasteiger partial charge in [0.2, 0.25) is 5.91 Å². The Morgan fingerprint density at radius 3 is 2.48 bits per heavy atom. The van der Waals surface area contributed by atoms with Gasteiger partial charge in [0.25, 0.3) is 5.91 Å². The van der Waals surface area contributed by atoms with Gasteiger partial charge < -0.3 is 15.0 Å². The predicted octanol–water partition coefficient (Wildman–Crippen LogP) is 3.99. The number of carbonyl (C=O) groups is 4. The number of benzene rings is 2. The molecule has 0 unspecified atom stereocenters. The Balaban J connectivity index is 1.79. The highest BCUT2D eigenvalue weighted by atomic mass is 16.5. The molecule has 4 amide bonds. The maximum atomic E-state index is 13.2. The smallest absolute Gasteiger partial charge is 0.338 e. The molecule has 1 fully saturated rings. The molecule has 1 aliphatic rings. The maximum Gasteiger partial charge on any atom is 0.338 e. The Kier molecular flexibility index (Phi) is 7.48. The van der Waals surface area contributed by atoms with Crippen molar-refractivity contribution >= 4 is 35.2 Å². The molecule has 1 aliphatic heterocycles. The van der Waals surface area contributed by atoms with Crippen LogP contribution in [0.3, 0.4) is 0 Å². The Morgan fingerprint density at radius 1 is 1.09 bits per heavy atom. The molecule has 0 aliphatic carbocycles. The topological polar surface area (TPSA) is 96.0 Å². The van der Waals surface area contributed by atoms with Crippen molar-refractivity contribution in [2.45, 2.75) is 40.2 Å². The van der Waals surface area contributed by atoms with Crippen LogP contribution in [0.25, 0.3) is 0 Å². The lowest BCUT2D eigenvalue weighted by molar-refractivity contribution is -0.124. The number of nitrogens with zero attached hydrogens (tertiary/aromatic N) is 2. The monoisotopic (exact) mass is 451 g/mol. The summed E-state index contributed by atoms with van der Waals surface area (Å²) in [6.45, 7) is 8.10. The van der Waals surface area contributed by atoms with Gasteiger partial charge in [0.15, 0.2) is 0 Å². The van der Waals surface area contributed by atoms with Crippen molar-refractivity contribution < 1.29 is 23.9 Å². The summed E-state index contributed by atoms with van der Waals surface area (Å²) in [5.41, 5.74) is 2.14. The molecular weight excluding hydrogens is 422 g/mol. The lowest BCUT2D eigenvalue weighted by Gasteiger charge is -2.23. The fraction of sp³-hybridized carbons (Fsp3) is 0.360. The SMILES string of the molecule is CCOC(=O)c1cccc(NC(=O)C[C@H]2C(=O)N(c3cccc(C)c3)C(=O)N2CC(C)C)c1. The first-order valence-corrected chi connectivity index (χ1v) is 11.0. The summed E-state index contributed by atoms with van der Waals surface area (Å²) < 4.78 is 4.99. The van der Waals surface area contributed by atoms with E-state index >= 15 is 0 Å². The summed E-state index contributed by atoms with van der Waals surface area (Å²) in [6, 6.07) is 12.2. The van der Waals surface area contributed by atoms with Crippen LogP contribution >= 0.6 is 0 Å². The average Bonchev–Trinajstić information content (AvgIpc) is 2.97. The molecule has 174 valence electrons. The Bertz CT molecular complexity index is 1070. The van der Waals surface area contributed by atoms with Gasteiger partial charge >= 0.3 is 12.0 Å². The van der Waals surface area contributed by atoms with Crippen LogP contribution in [0.4, 0.5) is 16.2 Å². The first-order valence-electron chi connectivity index (χ1n) is 11.0. The van der Waals surface area contributed by atoms with Crippen LogP contribution in [0.2, 0.25) is 0 Å². The number of anilines is 2. The van der Waals surface area contributed by atoms with Gasteiger partial charge in [0.1, 0.15) is 6.04 Å². The number of ether oxygens (including phenoxy) is 1. The number of esters is 1. The summed E-state index contributed by atoms with van der Waals surface area (Å²) in [4.78, 5) is 53.8. The molecule has 0 radical (unpaired) electrons. The molecule has 0 bridgehead atoms. The van der Waals surface area contributed by atoms with Crippen LogP contribution in [0.5, 0.6) is 0 Å². The van der Waals surface area contributed by atoms with E-state index in [2.05, 4.69) is 5.32 Å². The van der Waals surface area contributed by atoms with E-state index in [1.807, 2.05) is 26.8 Å². The Labute approximate surface area is 193 Å². The Morgan fingerprint density at radius 2 is 1.82 bits per heavy atom. The van der Waals surface area contributed by atoms with Crippen LogP contribution in [0.1, 0.15) is 43.1 Å². The zero-order chi connectivity index (χ0) is 24.1. The van der Waals surface area contributed by atoms with E-state index in [1.54, 1.807) is 43.3 Å². The molecule has 8 nitrogen and oxygen atoms in total. The first-order chi connectivity index (χ1) is 15.7. The summed E-state index contributed by atoms with van der Waals surface area (Å²) in [6.07, 6.45) is -0.191. The zero-order valence-electron chi connectivity index (χ0n) is 19.3. The fourth-order valence-corrected chi connectivity index (χ4v) is 3.77. The summed E-state index contributed by atoms with van der Waals surface area (Å²) in [7, 11) is 0. The minimum Gasteiger partial charge on any atom is -0.462 e. The molecule has 1 saturated heterocycles. The van der Waals surface area contributed by atoms with E-state index in [0.29, 0.717) is 23.5 Å². The van der Waals surface area contributed by atoms with E-state index in [1.165, 1.54) is 11.0 Å². The van der Waals surface area contributed by atoms with Crippen molar-refractivity contribution in [2.75, 3.05) is 23.4 Å². The van der Waals surface area contributed by atoms with E-state index in [4.69, 9.17) is 4.74 Å². The average molecular weight is 452 g/mol. The predicted molar refractivity (Wildman–Crippen MR) is 125 cm³/mol. The highest BCUT2D eigenvalue weighted by molar-refractivity contribution is 6.22. The van der Waals surface area contributed by atoms with Gasteiger partial charge in [-0.25, -0.2) is 14.5 Å². The molecule has 33 heavy (non-hydrogen) atoms. The third-order valence-corrected chi connectivity index (χ3v) is 5.18. The van der Waals surface area contributed by atoms with Gasteiger partial charge in [-0.2, -0.15) is 0 Å². The second kappa shape index (κ2) is 10.3. The number of imide groups is 1. The molecule has 1 N–H and O–H groups in total. The number of hydrogen-bond acceptors (Lipinski definition) is 5. The maximum absolute atomic E-state index is 13.2. The summed E-state index contributed by atoms with van der Waals surface area (Å²) in [5, 5.41) is 2.72. The van der Waals surface area contributed by atoms with Crippen molar-refractivity contribution in [1.29, 1.82) is 0 Å². The van der Waals surface area contributed by atoms with E-state index < -0.39 is 29.9 Å². The van der Waals surface area contributed by atoms with Crippen LogP contribution in [0.15, 0.2) is 48.5 Å². The van der Waals surface area contributed by atoms with Crippen molar-refractivity contribution in [3.8, 4) is 0 Å². The normalized spacial score (nSPS) is 15.8. The van der Waals surface area contributed by atoms with Crippen molar-refractivity contribution in [1.82, 2.24) is 4.90 Å². The van der Waals surface area contributed by atoms with Crippen molar-refractivity contribution in [3.05, 3.63) is 59.7 Å². The Hall–Kier alpha value is -3.68. The van der Waals surface area contributed by atoms with Gasteiger partial charge in [-0.05, 0) is 55.7 Å². The third kappa shape index (κ3) is 5.58. The summed E-state index contributed by atoms with van der Waals surface area (Å²) in [5.74, 6) is -1.23. The van der Waals surface area contributed by atoms with Gasteiger partial charge in [0, 0.05) is 12.2 Å². The first kappa shape index (κ1) is 24.0. The number of hydrogen-bond donors (Lipinski definition) is 1. The standard InChI is InChI=1S/C25H29N3O5/c1-5-33-24(31)18-9-7-10-19(13-18)26-22(29)14-21-23(30)28(20-11-6-8-17(4)12-20)25(32)27(21)15-16(2)3/h6-13,16,21H,5,14-15H2,1-4H3,(H,26,29)/t21-/m0/s1. The summed E-state index contributed by atoms with van der Waals surface area (Å²) >= 11 is 0. The molecule has 0 spiro atoms. The van der Waals surface area contributed by atoms with E-state index in [9.17, 15) is 19.2 Å². The molecule has 3 rings (SSSR count).